The van der Waals surface area contributed by atoms with Gasteiger partial charge in [-0.1, -0.05) is 30.3 Å². The summed E-state index contributed by atoms with van der Waals surface area (Å²) < 4.78 is 19.8. The van der Waals surface area contributed by atoms with Crippen LogP contribution in [0.3, 0.4) is 0 Å². The summed E-state index contributed by atoms with van der Waals surface area (Å²) in [5.41, 5.74) is 1.84. The molecular formula is C24H28FN3O3. The van der Waals surface area contributed by atoms with Gasteiger partial charge in [-0.15, -0.1) is 0 Å². The average molecular weight is 426 g/mol. The highest BCUT2D eigenvalue weighted by molar-refractivity contribution is 5.95. The summed E-state index contributed by atoms with van der Waals surface area (Å²) in [5, 5.41) is 0. The summed E-state index contributed by atoms with van der Waals surface area (Å²) in [6.45, 7) is 6.83. The maximum absolute atomic E-state index is 13.9. The first kappa shape index (κ1) is 21.5. The van der Waals surface area contributed by atoms with Gasteiger partial charge >= 0.3 is 0 Å². The third-order valence-corrected chi connectivity index (χ3v) is 6.03. The molecular weight excluding hydrogens is 397 g/mol. The molecule has 1 unspecified atom stereocenters. The third kappa shape index (κ3) is 4.94. The molecule has 2 aromatic rings. The second-order valence-corrected chi connectivity index (χ2v) is 8.13. The van der Waals surface area contributed by atoms with Crippen molar-refractivity contribution >= 4 is 11.8 Å². The zero-order valence-corrected chi connectivity index (χ0v) is 17.8. The minimum atomic E-state index is -0.482. The lowest BCUT2D eigenvalue weighted by Gasteiger charge is -2.39. The molecule has 2 saturated heterocycles. The highest BCUT2D eigenvalue weighted by Crippen LogP contribution is 2.16. The SMILES string of the molecule is Cc1ccccc1C(=O)N1CCOC(CN2CCN(C(=O)c3ccccc3F)CC2)C1. The Labute approximate surface area is 182 Å². The highest BCUT2D eigenvalue weighted by Gasteiger charge is 2.29. The Kier molecular flexibility index (Phi) is 6.63. The van der Waals surface area contributed by atoms with Gasteiger partial charge in [-0.3, -0.25) is 14.5 Å². The van der Waals surface area contributed by atoms with Gasteiger partial charge in [-0.25, -0.2) is 4.39 Å². The Balaban J connectivity index is 1.29. The predicted octanol–water partition coefficient (Wildman–Crippen LogP) is 2.43. The number of hydrogen-bond donors (Lipinski definition) is 0. The van der Waals surface area contributed by atoms with Crippen LogP contribution in [0.2, 0.25) is 0 Å². The average Bonchev–Trinajstić information content (AvgIpc) is 2.79. The second kappa shape index (κ2) is 9.58. The van der Waals surface area contributed by atoms with E-state index in [2.05, 4.69) is 4.90 Å². The molecule has 0 N–H and O–H groups in total. The van der Waals surface area contributed by atoms with Crippen molar-refractivity contribution in [3.05, 3.63) is 71.0 Å². The predicted molar refractivity (Wildman–Crippen MR) is 116 cm³/mol. The molecule has 31 heavy (non-hydrogen) atoms. The molecule has 7 heteroatoms. The number of benzene rings is 2. The van der Waals surface area contributed by atoms with E-state index in [1.807, 2.05) is 36.1 Å². The molecule has 0 aromatic heterocycles. The Morgan fingerprint density at radius 1 is 0.903 bits per heavy atom. The smallest absolute Gasteiger partial charge is 0.256 e. The lowest BCUT2D eigenvalue weighted by molar-refractivity contribution is -0.0400. The van der Waals surface area contributed by atoms with E-state index in [9.17, 15) is 14.0 Å². The van der Waals surface area contributed by atoms with Crippen LogP contribution in [0.5, 0.6) is 0 Å². The van der Waals surface area contributed by atoms with E-state index in [1.54, 1.807) is 17.0 Å². The fourth-order valence-corrected chi connectivity index (χ4v) is 4.22. The van der Waals surface area contributed by atoms with Crippen LogP contribution in [0.15, 0.2) is 48.5 Å². The van der Waals surface area contributed by atoms with Crippen molar-refractivity contribution in [2.45, 2.75) is 13.0 Å². The normalized spacial score (nSPS) is 20.0. The van der Waals surface area contributed by atoms with Crippen LogP contribution >= 0.6 is 0 Å². The number of aryl methyl sites for hydroxylation is 1. The first-order valence-corrected chi connectivity index (χ1v) is 10.8. The van der Waals surface area contributed by atoms with Crippen molar-refractivity contribution in [3.63, 3.8) is 0 Å². The van der Waals surface area contributed by atoms with Crippen molar-refractivity contribution in [1.82, 2.24) is 14.7 Å². The van der Waals surface area contributed by atoms with Crippen LogP contribution in [0.4, 0.5) is 4.39 Å². The number of ether oxygens (including phenoxy) is 1. The van der Waals surface area contributed by atoms with Gasteiger partial charge in [-0.05, 0) is 30.7 Å². The number of morpholine rings is 1. The van der Waals surface area contributed by atoms with E-state index >= 15 is 0 Å². The van der Waals surface area contributed by atoms with E-state index in [4.69, 9.17) is 4.74 Å². The molecule has 2 heterocycles. The Bertz CT molecular complexity index is 943. The highest BCUT2D eigenvalue weighted by atomic mass is 19.1. The van der Waals surface area contributed by atoms with E-state index in [0.29, 0.717) is 52.4 Å². The van der Waals surface area contributed by atoms with Crippen LogP contribution < -0.4 is 0 Å². The standard InChI is InChI=1S/C24H28FN3O3/c1-18-6-2-3-7-20(18)23(29)28-14-15-31-19(17-28)16-26-10-12-27(13-11-26)24(30)21-8-4-5-9-22(21)25/h2-9,19H,10-17H2,1H3. The van der Waals surface area contributed by atoms with Gasteiger partial charge in [0.1, 0.15) is 5.82 Å². The monoisotopic (exact) mass is 425 g/mol. The molecule has 164 valence electrons. The molecule has 2 aliphatic heterocycles. The van der Waals surface area contributed by atoms with E-state index in [0.717, 1.165) is 11.1 Å². The quantitative estimate of drug-likeness (QED) is 0.755. The molecule has 2 fully saturated rings. The van der Waals surface area contributed by atoms with E-state index in [1.165, 1.54) is 12.1 Å². The topological polar surface area (TPSA) is 53.1 Å². The summed E-state index contributed by atoms with van der Waals surface area (Å²) in [5.74, 6) is -0.697. The summed E-state index contributed by atoms with van der Waals surface area (Å²) in [4.78, 5) is 31.3. The number of piperazine rings is 1. The molecule has 0 bridgehead atoms. The molecule has 0 saturated carbocycles. The summed E-state index contributed by atoms with van der Waals surface area (Å²) >= 11 is 0. The first-order valence-electron chi connectivity index (χ1n) is 10.8. The zero-order valence-electron chi connectivity index (χ0n) is 17.8. The molecule has 6 nitrogen and oxygen atoms in total. The van der Waals surface area contributed by atoms with Crippen molar-refractivity contribution < 1.29 is 18.7 Å². The van der Waals surface area contributed by atoms with Gasteiger partial charge in [-0.2, -0.15) is 0 Å². The van der Waals surface area contributed by atoms with Crippen LogP contribution in [-0.4, -0.2) is 85.0 Å². The van der Waals surface area contributed by atoms with Crippen molar-refractivity contribution in [2.75, 3.05) is 52.4 Å². The van der Waals surface area contributed by atoms with Crippen LogP contribution in [0.1, 0.15) is 26.3 Å². The maximum Gasteiger partial charge on any atom is 0.256 e. The Morgan fingerprint density at radius 3 is 2.26 bits per heavy atom. The van der Waals surface area contributed by atoms with Crippen molar-refractivity contribution in [3.8, 4) is 0 Å². The maximum atomic E-state index is 13.9. The molecule has 4 rings (SSSR count). The van der Waals surface area contributed by atoms with Gasteiger partial charge < -0.3 is 14.5 Å². The molecule has 2 amide bonds. The van der Waals surface area contributed by atoms with Crippen LogP contribution in [0.25, 0.3) is 0 Å². The van der Waals surface area contributed by atoms with E-state index < -0.39 is 5.82 Å². The number of amides is 2. The lowest BCUT2D eigenvalue weighted by atomic mass is 10.1. The second-order valence-electron chi connectivity index (χ2n) is 8.13. The van der Waals surface area contributed by atoms with Crippen LogP contribution in [-0.2, 0) is 4.74 Å². The molecule has 0 aliphatic carbocycles. The van der Waals surface area contributed by atoms with Gasteiger partial charge in [0, 0.05) is 51.4 Å². The Morgan fingerprint density at radius 2 is 1.55 bits per heavy atom. The summed E-state index contributed by atoms with van der Waals surface area (Å²) in [6.07, 6.45) is -0.0597. The van der Waals surface area contributed by atoms with Gasteiger partial charge in [0.2, 0.25) is 0 Å². The summed E-state index contributed by atoms with van der Waals surface area (Å²) in [6, 6.07) is 13.7. The van der Waals surface area contributed by atoms with Gasteiger partial charge in [0.15, 0.2) is 0 Å². The van der Waals surface area contributed by atoms with Crippen LogP contribution in [0, 0.1) is 12.7 Å². The summed E-state index contributed by atoms with van der Waals surface area (Å²) in [7, 11) is 0. The lowest BCUT2D eigenvalue weighted by Crippen LogP contribution is -2.54. The number of rotatable bonds is 4. The molecule has 1 atom stereocenters. The molecule has 0 spiro atoms. The fourth-order valence-electron chi connectivity index (χ4n) is 4.22. The minimum Gasteiger partial charge on any atom is -0.373 e. The minimum absolute atomic E-state index is 0.0479. The number of carbonyl (C=O) groups excluding carboxylic acids is 2. The number of halogens is 1. The molecule has 2 aromatic carbocycles. The van der Waals surface area contributed by atoms with E-state index in [-0.39, 0.29) is 23.5 Å². The van der Waals surface area contributed by atoms with Crippen molar-refractivity contribution in [2.24, 2.45) is 0 Å². The molecule has 2 aliphatic rings. The fraction of sp³-hybridized carbons (Fsp3) is 0.417. The third-order valence-electron chi connectivity index (χ3n) is 6.03. The Hall–Kier alpha value is -2.77. The number of hydrogen-bond acceptors (Lipinski definition) is 4. The van der Waals surface area contributed by atoms with Gasteiger partial charge in [0.05, 0.1) is 18.3 Å². The number of carbonyl (C=O) groups is 2. The zero-order chi connectivity index (χ0) is 21.8. The van der Waals surface area contributed by atoms with Crippen molar-refractivity contribution in [1.29, 1.82) is 0 Å². The number of nitrogens with zero attached hydrogens (tertiary/aromatic N) is 3. The first-order chi connectivity index (χ1) is 15.0. The molecule has 0 radical (unpaired) electrons. The largest absolute Gasteiger partial charge is 0.373 e. The van der Waals surface area contributed by atoms with Gasteiger partial charge in [0.25, 0.3) is 11.8 Å².